The molecule has 2 rings (SSSR count). The number of aryl methyl sites for hydroxylation is 1. The van der Waals surface area contributed by atoms with E-state index in [0.29, 0.717) is 19.5 Å². The van der Waals surface area contributed by atoms with Crippen molar-refractivity contribution >= 4 is 34.3 Å². The van der Waals surface area contributed by atoms with E-state index in [9.17, 15) is 4.79 Å². The average molecular weight is 479 g/mol. The quantitative estimate of drug-likeness (QED) is 0.324. The van der Waals surface area contributed by atoms with E-state index < -0.39 is 0 Å². The normalized spacial score (nSPS) is 12.9. The van der Waals surface area contributed by atoms with Crippen LogP contribution in [0.4, 0.5) is 4.79 Å². The van der Waals surface area contributed by atoms with Crippen LogP contribution in [0, 0.1) is 6.92 Å². The average Bonchev–Trinajstić information content (AvgIpc) is 3.19. The fraction of sp³-hybridized carbons (Fsp3) is 0.350. The minimum Gasteiger partial charge on any atom is -0.338 e. The van der Waals surface area contributed by atoms with Crippen molar-refractivity contribution in [1.29, 1.82) is 0 Å². The molecule has 1 aromatic carbocycles. The van der Waals surface area contributed by atoms with Crippen LogP contribution in [0.5, 0.6) is 0 Å². The van der Waals surface area contributed by atoms with E-state index in [2.05, 4.69) is 50.4 Å². The number of allylic oxidation sites excluding steroid dienone is 2. The highest BCUT2D eigenvalue weighted by atomic mass is 127. The number of carbonyl (C=O) groups is 1. The lowest BCUT2D eigenvalue weighted by atomic mass is 10.1. The summed E-state index contributed by atoms with van der Waals surface area (Å²) in [6.07, 6.45) is 10.1. The molecule has 0 spiro atoms. The van der Waals surface area contributed by atoms with Gasteiger partial charge in [-0.05, 0) is 25.5 Å². The number of hydrogen-bond donors (Lipinski definition) is 2. The first-order valence-corrected chi connectivity index (χ1v) is 10.4. The van der Waals surface area contributed by atoms with Crippen LogP contribution >= 0.6 is 22.6 Å². The zero-order chi connectivity index (χ0) is 19.5. The first-order chi connectivity index (χ1) is 13.1. The molecule has 1 atom stereocenters. The molecular weight excluding hydrogens is 453 g/mol. The Balaban J connectivity index is 1.81. The topological polar surface area (TPSA) is 71.3 Å². The molecule has 6 nitrogen and oxygen atoms in total. The number of nitrogens with zero attached hydrogens (tertiary/aromatic N) is 3. The van der Waals surface area contributed by atoms with Crippen molar-refractivity contribution < 1.29 is 4.79 Å². The summed E-state index contributed by atoms with van der Waals surface area (Å²) in [5, 5.41) is 5.78. The maximum absolute atomic E-state index is 12.0. The Morgan fingerprint density at radius 1 is 1.41 bits per heavy atom. The van der Waals surface area contributed by atoms with Crippen LogP contribution in [0.15, 0.2) is 60.1 Å². The molecule has 1 heterocycles. The molecule has 0 bridgehead atoms. The van der Waals surface area contributed by atoms with Gasteiger partial charge in [0.05, 0.1) is 6.33 Å². The first-order valence-electron chi connectivity index (χ1n) is 8.92. The van der Waals surface area contributed by atoms with Gasteiger partial charge < -0.3 is 15.2 Å². The Labute approximate surface area is 174 Å². The fourth-order valence-electron chi connectivity index (χ4n) is 2.54. The van der Waals surface area contributed by atoms with Crippen LogP contribution in [0.2, 0.25) is 0 Å². The Bertz CT molecular complexity index is 770. The Kier molecular flexibility index (Phi) is 9.03. The minimum absolute atomic E-state index is 0.0310. The number of nitrogens with one attached hydrogen (secondary N) is 2. The van der Waals surface area contributed by atoms with Gasteiger partial charge in [0.2, 0.25) is 0 Å². The van der Waals surface area contributed by atoms with E-state index in [0.717, 1.165) is 15.7 Å². The largest absolute Gasteiger partial charge is 0.338 e. The minimum atomic E-state index is -0.170. The van der Waals surface area contributed by atoms with Crippen molar-refractivity contribution in [3.05, 3.63) is 66.3 Å². The molecule has 2 aromatic rings. The second-order valence-corrected chi connectivity index (χ2v) is 7.05. The molecule has 1 unspecified atom stereocenters. The van der Waals surface area contributed by atoms with Crippen molar-refractivity contribution in [2.24, 2.45) is 4.99 Å². The standard InChI is InChI=1S/C20H26IN5O/c1-16-5-3-6-18(13-16)14-24-20(27)23-10-8-19(7-4-9-21)25-17(2)26-12-11-22-15-26/h3-7,11-13,15,17H,8-10,14H2,1-2H3,(H2,23,24,27)/b7-4-,25-19+. The van der Waals surface area contributed by atoms with Gasteiger partial charge in [0.15, 0.2) is 0 Å². The molecule has 0 saturated heterocycles. The van der Waals surface area contributed by atoms with Crippen molar-refractivity contribution in [2.75, 3.05) is 11.0 Å². The number of urea groups is 1. The molecule has 1 aromatic heterocycles. The molecular formula is C20H26IN5O. The zero-order valence-electron chi connectivity index (χ0n) is 15.7. The molecule has 27 heavy (non-hydrogen) atoms. The highest BCUT2D eigenvalue weighted by molar-refractivity contribution is 14.1. The van der Waals surface area contributed by atoms with Crippen LogP contribution in [-0.4, -0.2) is 32.3 Å². The summed E-state index contributed by atoms with van der Waals surface area (Å²) in [6, 6.07) is 7.94. The van der Waals surface area contributed by atoms with E-state index >= 15 is 0 Å². The summed E-state index contributed by atoms with van der Waals surface area (Å²) in [4.78, 5) is 20.8. The van der Waals surface area contributed by atoms with Gasteiger partial charge in [0.1, 0.15) is 6.17 Å². The van der Waals surface area contributed by atoms with Gasteiger partial charge in [-0.25, -0.2) is 9.78 Å². The molecule has 144 valence electrons. The summed E-state index contributed by atoms with van der Waals surface area (Å²) in [5.41, 5.74) is 3.23. The van der Waals surface area contributed by atoms with Crippen LogP contribution in [0.3, 0.4) is 0 Å². The summed E-state index contributed by atoms with van der Waals surface area (Å²) in [5.74, 6) is 0. The lowest BCUT2D eigenvalue weighted by molar-refractivity contribution is 0.241. The highest BCUT2D eigenvalue weighted by Gasteiger charge is 2.05. The number of carbonyl (C=O) groups excluding carboxylic acids is 1. The van der Waals surface area contributed by atoms with Crippen LogP contribution < -0.4 is 10.6 Å². The van der Waals surface area contributed by atoms with Gasteiger partial charge in [0.25, 0.3) is 0 Å². The van der Waals surface area contributed by atoms with Gasteiger partial charge in [0, 0.05) is 42.0 Å². The summed E-state index contributed by atoms with van der Waals surface area (Å²) >= 11 is 2.30. The van der Waals surface area contributed by atoms with E-state index in [1.165, 1.54) is 5.56 Å². The summed E-state index contributed by atoms with van der Waals surface area (Å²) in [6.45, 7) is 5.10. The number of aliphatic imine (C=N–C) groups is 1. The van der Waals surface area contributed by atoms with Crippen molar-refractivity contribution in [1.82, 2.24) is 20.2 Å². The molecule has 0 radical (unpaired) electrons. The molecule has 2 amide bonds. The Morgan fingerprint density at radius 2 is 2.26 bits per heavy atom. The number of alkyl halides is 1. The van der Waals surface area contributed by atoms with Crippen LogP contribution in [-0.2, 0) is 6.54 Å². The predicted molar refractivity (Wildman–Crippen MR) is 118 cm³/mol. The maximum Gasteiger partial charge on any atom is 0.315 e. The lowest BCUT2D eigenvalue weighted by Crippen LogP contribution is -2.36. The molecule has 0 saturated carbocycles. The third-order valence-electron chi connectivity index (χ3n) is 3.91. The van der Waals surface area contributed by atoms with Gasteiger partial charge in [-0.1, -0.05) is 58.5 Å². The third kappa shape index (κ3) is 7.94. The van der Waals surface area contributed by atoms with E-state index in [-0.39, 0.29) is 12.2 Å². The number of halogens is 1. The highest BCUT2D eigenvalue weighted by Crippen LogP contribution is 2.08. The Morgan fingerprint density at radius 3 is 2.96 bits per heavy atom. The maximum atomic E-state index is 12.0. The first kappa shape index (κ1) is 21.1. The monoisotopic (exact) mass is 479 g/mol. The number of amides is 2. The SMILES string of the molecule is Cc1cccc(CNC(=O)NCCC(/C=C\CI)=N/C(C)n2ccnc2)c1. The van der Waals surface area contributed by atoms with E-state index in [1.807, 2.05) is 48.9 Å². The fourth-order valence-corrected chi connectivity index (χ4v) is 2.79. The number of rotatable bonds is 9. The van der Waals surface area contributed by atoms with Gasteiger partial charge in [-0.3, -0.25) is 4.99 Å². The second-order valence-electron chi connectivity index (χ2n) is 6.17. The number of hydrogen-bond acceptors (Lipinski definition) is 3. The van der Waals surface area contributed by atoms with Crippen LogP contribution in [0.25, 0.3) is 0 Å². The third-order valence-corrected chi connectivity index (χ3v) is 4.42. The van der Waals surface area contributed by atoms with Gasteiger partial charge in [-0.15, -0.1) is 0 Å². The number of imidazole rings is 1. The zero-order valence-corrected chi connectivity index (χ0v) is 17.9. The van der Waals surface area contributed by atoms with E-state index in [1.54, 1.807) is 12.5 Å². The summed E-state index contributed by atoms with van der Waals surface area (Å²) in [7, 11) is 0. The number of aromatic nitrogens is 2. The van der Waals surface area contributed by atoms with Crippen molar-refractivity contribution in [2.45, 2.75) is 33.0 Å². The van der Waals surface area contributed by atoms with Crippen molar-refractivity contribution in [3.63, 3.8) is 0 Å². The lowest BCUT2D eigenvalue weighted by Gasteiger charge is -2.11. The Hall–Kier alpha value is -2.16. The predicted octanol–water partition coefficient (Wildman–Crippen LogP) is 4.03. The molecule has 0 fully saturated rings. The molecule has 0 aliphatic carbocycles. The smallest absolute Gasteiger partial charge is 0.315 e. The van der Waals surface area contributed by atoms with Crippen LogP contribution in [0.1, 0.15) is 30.6 Å². The van der Waals surface area contributed by atoms with E-state index in [4.69, 9.17) is 4.99 Å². The second kappa shape index (κ2) is 11.5. The molecule has 2 N–H and O–H groups in total. The summed E-state index contributed by atoms with van der Waals surface area (Å²) < 4.78 is 2.86. The number of benzene rings is 1. The molecule has 0 aliphatic rings. The van der Waals surface area contributed by atoms with Gasteiger partial charge >= 0.3 is 6.03 Å². The van der Waals surface area contributed by atoms with Crippen molar-refractivity contribution in [3.8, 4) is 0 Å². The van der Waals surface area contributed by atoms with Gasteiger partial charge in [-0.2, -0.15) is 0 Å². The molecule has 0 aliphatic heterocycles. The molecule has 7 heteroatoms.